The Labute approximate surface area is 238 Å². The zero-order chi connectivity index (χ0) is 28.7. The third-order valence-corrected chi connectivity index (χ3v) is 8.75. The first-order chi connectivity index (χ1) is 18.4. The van der Waals surface area contributed by atoms with E-state index in [1.54, 1.807) is 43.3 Å². The lowest BCUT2D eigenvalue weighted by atomic mass is 10.1. The zero-order valence-electron chi connectivity index (χ0n) is 22.4. The minimum Gasteiger partial charge on any atom is -0.352 e. The molecular formula is C29H33BrFN3O4S. The van der Waals surface area contributed by atoms with Crippen LogP contribution >= 0.6 is 15.9 Å². The number of hydrogen-bond acceptors (Lipinski definition) is 4. The van der Waals surface area contributed by atoms with Gasteiger partial charge in [0.05, 0.1) is 10.6 Å². The van der Waals surface area contributed by atoms with Crippen LogP contribution in [0.5, 0.6) is 0 Å². The number of sulfonamides is 1. The third kappa shape index (κ3) is 7.89. The summed E-state index contributed by atoms with van der Waals surface area (Å²) in [5.41, 5.74) is 1.79. The number of rotatable bonds is 11. The molecule has 0 radical (unpaired) electrons. The normalized spacial score (nSPS) is 12.9. The molecule has 0 aliphatic rings. The lowest BCUT2D eigenvalue weighted by molar-refractivity contribution is -0.139. The highest BCUT2D eigenvalue weighted by atomic mass is 79.9. The second-order valence-electron chi connectivity index (χ2n) is 9.44. The molecule has 0 heterocycles. The minimum atomic E-state index is -4.14. The van der Waals surface area contributed by atoms with Gasteiger partial charge in [-0.1, -0.05) is 52.7 Å². The minimum absolute atomic E-state index is 0.00698. The Morgan fingerprint density at radius 3 is 2.10 bits per heavy atom. The molecule has 0 aromatic heterocycles. The van der Waals surface area contributed by atoms with Gasteiger partial charge >= 0.3 is 0 Å². The molecule has 0 aliphatic carbocycles. The number of halogens is 2. The first kappa shape index (κ1) is 30.3. The highest BCUT2D eigenvalue weighted by Crippen LogP contribution is 2.26. The topological polar surface area (TPSA) is 86.8 Å². The second kappa shape index (κ2) is 13.2. The fraction of sp³-hybridized carbons (Fsp3) is 0.310. The van der Waals surface area contributed by atoms with E-state index in [0.29, 0.717) is 17.7 Å². The van der Waals surface area contributed by atoms with Crippen LogP contribution in [-0.2, 0) is 26.2 Å². The molecule has 0 bridgehead atoms. The Morgan fingerprint density at radius 2 is 1.54 bits per heavy atom. The molecule has 208 valence electrons. The highest BCUT2D eigenvalue weighted by Gasteiger charge is 2.32. The number of carbonyl (C=O) groups excluding carboxylic acids is 2. The number of aryl methyl sites for hydroxylation is 1. The second-order valence-corrected chi connectivity index (χ2v) is 12.2. The van der Waals surface area contributed by atoms with Crippen LogP contribution in [0, 0.1) is 12.7 Å². The van der Waals surface area contributed by atoms with Crippen molar-refractivity contribution in [1.29, 1.82) is 0 Å². The molecule has 3 aromatic carbocycles. The number of nitrogens with one attached hydrogen (secondary N) is 1. The van der Waals surface area contributed by atoms with Gasteiger partial charge in [0, 0.05) is 17.1 Å². The lowest BCUT2D eigenvalue weighted by Crippen LogP contribution is -2.52. The van der Waals surface area contributed by atoms with Crippen molar-refractivity contribution in [1.82, 2.24) is 10.2 Å². The Kier molecular flexibility index (Phi) is 10.3. The van der Waals surface area contributed by atoms with Crippen molar-refractivity contribution in [2.75, 3.05) is 10.8 Å². The molecule has 2 amide bonds. The number of anilines is 1. The summed E-state index contributed by atoms with van der Waals surface area (Å²) < 4.78 is 42.9. The van der Waals surface area contributed by atoms with Gasteiger partial charge in [-0.15, -0.1) is 0 Å². The van der Waals surface area contributed by atoms with E-state index in [9.17, 15) is 22.4 Å². The van der Waals surface area contributed by atoms with Crippen LogP contribution in [0.15, 0.2) is 82.2 Å². The number of amides is 2. The van der Waals surface area contributed by atoms with Gasteiger partial charge in [0.2, 0.25) is 11.8 Å². The van der Waals surface area contributed by atoms with E-state index < -0.39 is 34.3 Å². The van der Waals surface area contributed by atoms with Crippen LogP contribution in [0.25, 0.3) is 0 Å². The average molecular weight is 619 g/mol. The number of carbonyl (C=O) groups is 2. The van der Waals surface area contributed by atoms with Gasteiger partial charge in [-0.3, -0.25) is 13.9 Å². The molecule has 1 N–H and O–H groups in total. The predicted molar refractivity (Wildman–Crippen MR) is 154 cm³/mol. The molecule has 7 nitrogen and oxygen atoms in total. The lowest BCUT2D eigenvalue weighted by Gasteiger charge is -2.32. The number of nitrogens with zero attached hydrogens (tertiary/aromatic N) is 2. The van der Waals surface area contributed by atoms with Crippen molar-refractivity contribution in [3.63, 3.8) is 0 Å². The van der Waals surface area contributed by atoms with Crippen LogP contribution in [0.4, 0.5) is 10.1 Å². The molecule has 0 unspecified atom stereocenters. The summed E-state index contributed by atoms with van der Waals surface area (Å²) in [6, 6.07) is 17.6. The average Bonchev–Trinajstić information content (AvgIpc) is 2.91. The summed E-state index contributed by atoms with van der Waals surface area (Å²) in [6.07, 6.45) is 0.705. The van der Waals surface area contributed by atoms with E-state index in [1.165, 1.54) is 41.3 Å². The molecular weight excluding hydrogens is 585 g/mol. The third-order valence-electron chi connectivity index (χ3n) is 6.44. The van der Waals surface area contributed by atoms with Crippen LogP contribution in [0.2, 0.25) is 0 Å². The van der Waals surface area contributed by atoms with Gasteiger partial charge in [0.25, 0.3) is 10.0 Å². The fourth-order valence-electron chi connectivity index (χ4n) is 3.81. The van der Waals surface area contributed by atoms with Crippen molar-refractivity contribution in [2.45, 2.75) is 57.6 Å². The van der Waals surface area contributed by atoms with Gasteiger partial charge in [0.1, 0.15) is 18.4 Å². The quantitative estimate of drug-likeness (QED) is 0.311. The van der Waals surface area contributed by atoms with E-state index >= 15 is 0 Å². The molecule has 0 aliphatic heterocycles. The molecule has 0 spiro atoms. The van der Waals surface area contributed by atoms with Gasteiger partial charge in [-0.25, -0.2) is 12.8 Å². The summed E-state index contributed by atoms with van der Waals surface area (Å²) >= 11 is 3.36. The van der Waals surface area contributed by atoms with Gasteiger partial charge in [0.15, 0.2) is 0 Å². The first-order valence-electron chi connectivity index (χ1n) is 12.6. The van der Waals surface area contributed by atoms with Crippen LogP contribution in [-0.4, -0.2) is 43.8 Å². The van der Waals surface area contributed by atoms with Crippen molar-refractivity contribution in [3.05, 3.63) is 94.2 Å². The Balaban J connectivity index is 2.01. The van der Waals surface area contributed by atoms with Crippen molar-refractivity contribution in [2.24, 2.45) is 0 Å². The maximum Gasteiger partial charge on any atom is 0.264 e. The van der Waals surface area contributed by atoms with Gasteiger partial charge < -0.3 is 10.2 Å². The molecule has 3 rings (SSSR count). The van der Waals surface area contributed by atoms with Crippen LogP contribution < -0.4 is 9.62 Å². The van der Waals surface area contributed by atoms with Crippen LogP contribution in [0.3, 0.4) is 0 Å². The van der Waals surface area contributed by atoms with E-state index in [1.807, 2.05) is 20.8 Å². The zero-order valence-corrected chi connectivity index (χ0v) is 24.8. The maximum absolute atomic E-state index is 13.9. The molecule has 0 fully saturated rings. The summed E-state index contributed by atoms with van der Waals surface area (Å²) in [7, 11) is -4.14. The Hall–Kier alpha value is -3.24. The van der Waals surface area contributed by atoms with E-state index in [4.69, 9.17) is 0 Å². The fourth-order valence-corrected chi connectivity index (χ4v) is 5.49. The number of hydrogen-bond donors (Lipinski definition) is 1. The molecule has 3 aromatic rings. The predicted octanol–water partition coefficient (Wildman–Crippen LogP) is 5.42. The summed E-state index contributed by atoms with van der Waals surface area (Å²) in [6.45, 7) is 6.69. The molecule has 10 heteroatoms. The molecule has 2 atom stereocenters. The maximum atomic E-state index is 13.9. The Morgan fingerprint density at radius 1 is 0.949 bits per heavy atom. The Bertz CT molecular complexity index is 1380. The summed E-state index contributed by atoms with van der Waals surface area (Å²) in [5, 5.41) is 2.88. The summed E-state index contributed by atoms with van der Waals surface area (Å²) in [5.74, 6) is -1.37. The van der Waals surface area contributed by atoms with Crippen LogP contribution in [0.1, 0.15) is 38.3 Å². The van der Waals surface area contributed by atoms with E-state index in [2.05, 4.69) is 21.2 Å². The van der Waals surface area contributed by atoms with Gasteiger partial charge in [-0.2, -0.15) is 0 Å². The van der Waals surface area contributed by atoms with E-state index in [-0.39, 0.29) is 23.4 Å². The first-order valence-corrected chi connectivity index (χ1v) is 14.8. The standard InChI is InChI=1S/C29H33BrFN3O4S/c1-5-21(3)32-29(36)22(4)33(18-23-8-12-25(31)13-9-23)28(35)19-34(26-14-10-24(30)11-15-26)39(37,38)27-16-6-20(2)7-17-27/h6-17,21-22H,5,18-19H2,1-4H3,(H,32,36)/t21-,22-/m0/s1. The largest absolute Gasteiger partial charge is 0.352 e. The molecule has 39 heavy (non-hydrogen) atoms. The SMILES string of the molecule is CC[C@H](C)NC(=O)[C@H](C)N(Cc1ccc(F)cc1)C(=O)CN(c1ccc(Br)cc1)S(=O)(=O)c1ccc(C)cc1. The molecule has 0 saturated heterocycles. The molecule has 0 saturated carbocycles. The highest BCUT2D eigenvalue weighted by molar-refractivity contribution is 9.10. The van der Waals surface area contributed by atoms with Gasteiger partial charge in [-0.05, 0) is 81.3 Å². The summed E-state index contributed by atoms with van der Waals surface area (Å²) in [4.78, 5) is 28.3. The van der Waals surface area contributed by atoms with Crippen molar-refractivity contribution < 1.29 is 22.4 Å². The number of benzene rings is 3. The van der Waals surface area contributed by atoms with Crippen molar-refractivity contribution >= 4 is 43.5 Å². The van der Waals surface area contributed by atoms with Crippen molar-refractivity contribution in [3.8, 4) is 0 Å². The monoisotopic (exact) mass is 617 g/mol. The van der Waals surface area contributed by atoms with E-state index in [0.717, 1.165) is 14.3 Å². The smallest absolute Gasteiger partial charge is 0.264 e.